The number of hydrogen-bond donors (Lipinski definition) is 1. The van der Waals surface area contributed by atoms with Gasteiger partial charge in [-0.2, -0.15) is 5.26 Å². The van der Waals surface area contributed by atoms with Crippen LogP contribution >= 0.6 is 22.7 Å². The third-order valence-electron chi connectivity index (χ3n) is 3.78. The molecule has 0 unspecified atom stereocenters. The lowest BCUT2D eigenvalue weighted by Gasteiger charge is -2.39. The van der Waals surface area contributed by atoms with Gasteiger partial charge in [-0.15, -0.1) is 22.7 Å². The predicted molar refractivity (Wildman–Crippen MR) is 93.0 cm³/mol. The fourth-order valence-corrected chi connectivity index (χ4v) is 4.21. The zero-order valence-corrected chi connectivity index (χ0v) is 14.4. The SMILES string of the molecule is C[C@H]1CN(CC(=O)Nc2sccc2C#N)CCN1c1nccs1. The van der Waals surface area contributed by atoms with Gasteiger partial charge in [0.05, 0.1) is 12.1 Å². The number of rotatable bonds is 4. The molecule has 1 aliphatic heterocycles. The molecule has 2 aromatic heterocycles. The number of nitrogens with one attached hydrogen (secondary N) is 1. The van der Waals surface area contributed by atoms with Gasteiger partial charge in [0.25, 0.3) is 0 Å². The van der Waals surface area contributed by atoms with Crippen LogP contribution in [0.3, 0.4) is 0 Å². The summed E-state index contributed by atoms with van der Waals surface area (Å²) in [4.78, 5) is 21.0. The van der Waals surface area contributed by atoms with E-state index in [0.717, 1.165) is 24.8 Å². The van der Waals surface area contributed by atoms with E-state index in [9.17, 15) is 4.79 Å². The molecule has 1 amide bonds. The first kappa shape index (κ1) is 15.9. The first-order valence-corrected chi connectivity index (χ1v) is 9.09. The van der Waals surface area contributed by atoms with Crippen molar-refractivity contribution in [1.82, 2.24) is 9.88 Å². The molecule has 1 atom stereocenters. The highest BCUT2D eigenvalue weighted by Crippen LogP contribution is 2.24. The summed E-state index contributed by atoms with van der Waals surface area (Å²) in [5.41, 5.74) is 0.519. The number of carbonyl (C=O) groups is 1. The van der Waals surface area contributed by atoms with Gasteiger partial charge in [0, 0.05) is 37.3 Å². The highest BCUT2D eigenvalue weighted by molar-refractivity contribution is 7.14. The Morgan fingerprint density at radius 2 is 2.35 bits per heavy atom. The zero-order valence-electron chi connectivity index (χ0n) is 12.7. The van der Waals surface area contributed by atoms with Crippen molar-refractivity contribution < 1.29 is 4.79 Å². The second-order valence-corrected chi connectivity index (χ2v) is 7.20. The summed E-state index contributed by atoms with van der Waals surface area (Å²) in [6, 6.07) is 4.12. The minimum atomic E-state index is -0.0705. The van der Waals surface area contributed by atoms with Gasteiger partial charge >= 0.3 is 0 Å². The summed E-state index contributed by atoms with van der Waals surface area (Å²) in [5.74, 6) is -0.0705. The quantitative estimate of drug-likeness (QED) is 0.918. The summed E-state index contributed by atoms with van der Waals surface area (Å²) in [5, 5.41) is 17.3. The Hall–Kier alpha value is -1.95. The Morgan fingerprint density at radius 1 is 1.48 bits per heavy atom. The Labute approximate surface area is 143 Å². The number of amides is 1. The summed E-state index contributed by atoms with van der Waals surface area (Å²) in [6.07, 6.45) is 1.82. The van der Waals surface area contributed by atoms with E-state index in [1.54, 1.807) is 17.4 Å². The molecular weight excluding hydrogens is 330 g/mol. The van der Waals surface area contributed by atoms with Crippen LogP contribution in [0.15, 0.2) is 23.0 Å². The van der Waals surface area contributed by atoms with Crippen molar-refractivity contribution in [3.05, 3.63) is 28.6 Å². The van der Waals surface area contributed by atoms with E-state index in [1.807, 2.05) is 17.0 Å². The third-order valence-corrected chi connectivity index (χ3v) is 5.42. The molecule has 0 saturated carbocycles. The van der Waals surface area contributed by atoms with Crippen LogP contribution in [0.4, 0.5) is 10.1 Å². The summed E-state index contributed by atoms with van der Waals surface area (Å²) < 4.78 is 0. The Kier molecular flexibility index (Phi) is 4.91. The number of anilines is 2. The van der Waals surface area contributed by atoms with Crippen molar-refractivity contribution in [2.45, 2.75) is 13.0 Å². The van der Waals surface area contributed by atoms with Crippen LogP contribution in [0.2, 0.25) is 0 Å². The lowest BCUT2D eigenvalue weighted by atomic mass is 10.2. The van der Waals surface area contributed by atoms with E-state index in [2.05, 4.69) is 33.1 Å². The minimum Gasteiger partial charge on any atom is -0.343 e. The number of thiophene rings is 1. The highest BCUT2D eigenvalue weighted by Gasteiger charge is 2.26. The molecule has 1 N–H and O–H groups in total. The Balaban J connectivity index is 1.54. The monoisotopic (exact) mass is 347 g/mol. The lowest BCUT2D eigenvalue weighted by Crippen LogP contribution is -2.53. The molecule has 0 aromatic carbocycles. The van der Waals surface area contributed by atoms with Crippen molar-refractivity contribution in [2.75, 3.05) is 36.4 Å². The van der Waals surface area contributed by atoms with E-state index < -0.39 is 0 Å². The molecule has 3 rings (SSSR count). The predicted octanol–water partition coefficient (Wildman–Crippen LogP) is 2.23. The molecule has 1 fully saturated rings. The second kappa shape index (κ2) is 7.08. The van der Waals surface area contributed by atoms with Crippen LogP contribution in [-0.4, -0.2) is 48.0 Å². The van der Waals surface area contributed by atoms with Crippen LogP contribution in [-0.2, 0) is 4.79 Å². The maximum Gasteiger partial charge on any atom is 0.239 e. The molecule has 2 aromatic rings. The lowest BCUT2D eigenvalue weighted by molar-refractivity contribution is -0.117. The molecule has 23 heavy (non-hydrogen) atoms. The molecule has 3 heterocycles. The average Bonchev–Trinajstić information content (AvgIpc) is 3.18. The van der Waals surface area contributed by atoms with E-state index in [4.69, 9.17) is 5.26 Å². The Bertz CT molecular complexity index is 706. The van der Waals surface area contributed by atoms with Crippen LogP contribution in [0.25, 0.3) is 0 Å². The normalized spacial score (nSPS) is 18.6. The van der Waals surface area contributed by atoms with E-state index >= 15 is 0 Å². The number of nitriles is 1. The molecular formula is C15H17N5OS2. The topological polar surface area (TPSA) is 72.3 Å². The molecule has 0 radical (unpaired) electrons. The third kappa shape index (κ3) is 3.69. The number of thiazole rings is 1. The number of aromatic nitrogens is 1. The van der Waals surface area contributed by atoms with Crippen molar-refractivity contribution in [3.8, 4) is 6.07 Å². The second-order valence-electron chi connectivity index (χ2n) is 5.42. The van der Waals surface area contributed by atoms with E-state index in [0.29, 0.717) is 23.2 Å². The maximum absolute atomic E-state index is 12.2. The van der Waals surface area contributed by atoms with E-state index in [-0.39, 0.29) is 5.91 Å². The summed E-state index contributed by atoms with van der Waals surface area (Å²) >= 11 is 3.02. The van der Waals surface area contributed by atoms with Crippen LogP contribution in [0.5, 0.6) is 0 Å². The molecule has 0 aliphatic carbocycles. The van der Waals surface area contributed by atoms with Gasteiger partial charge in [0.1, 0.15) is 11.1 Å². The first-order valence-electron chi connectivity index (χ1n) is 7.33. The van der Waals surface area contributed by atoms with Crippen LogP contribution < -0.4 is 10.2 Å². The smallest absolute Gasteiger partial charge is 0.239 e. The first-order chi connectivity index (χ1) is 11.2. The van der Waals surface area contributed by atoms with Gasteiger partial charge in [-0.05, 0) is 18.4 Å². The standard InChI is InChI=1S/C15H17N5OS2/c1-11-9-19(4-5-20(11)15-17-3-7-23-15)10-13(21)18-14-12(8-16)2-6-22-14/h2-3,6-7,11H,4-5,9-10H2,1H3,(H,18,21)/t11-/m0/s1. The molecule has 120 valence electrons. The molecule has 0 spiro atoms. The van der Waals surface area contributed by atoms with Gasteiger partial charge in [-0.25, -0.2) is 4.98 Å². The van der Waals surface area contributed by atoms with Crippen molar-refractivity contribution in [1.29, 1.82) is 5.26 Å². The van der Waals surface area contributed by atoms with E-state index in [1.165, 1.54) is 11.3 Å². The fraction of sp³-hybridized carbons (Fsp3) is 0.400. The van der Waals surface area contributed by atoms with Gasteiger partial charge in [0.15, 0.2) is 5.13 Å². The van der Waals surface area contributed by atoms with Crippen molar-refractivity contribution in [2.24, 2.45) is 0 Å². The number of nitrogens with zero attached hydrogens (tertiary/aromatic N) is 4. The number of carbonyl (C=O) groups excluding carboxylic acids is 1. The maximum atomic E-state index is 12.2. The zero-order chi connectivity index (χ0) is 16.2. The largest absolute Gasteiger partial charge is 0.343 e. The minimum absolute atomic E-state index is 0.0705. The fourth-order valence-electron chi connectivity index (χ4n) is 2.68. The van der Waals surface area contributed by atoms with Crippen molar-refractivity contribution >= 4 is 38.7 Å². The Morgan fingerprint density at radius 3 is 3.04 bits per heavy atom. The highest BCUT2D eigenvalue weighted by atomic mass is 32.1. The average molecular weight is 347 g/mol. The summed E-state index contributed by atoms with van der Waals surface area (Å²) in [7, 11) is 0. The van der Waals surface area contributed by atoms with Gasteiger partial charge in [-0.1, -0.05) is 0 Å². The molecule has 1 aliphatic rings. The van der Waals surface area contributed by atoms with Crippen molar-refractivity contribution in [3.63, 3.8) is 0 Å². The molecule has 0 bridgehead atoms. The summed E-state index contributed by atoms with van der Waals surface area (Å²) in [6.45, 7) is 5.01. The molecule has 1 saturated heterocycles. The van der Waals surface area contributed by atoms with Gasteiger partial charge < -0.3 is 10.2 Å². The number of piperazine rings is 1. The molecule has 6 nitrogen and oxygen atoms in total. The van der Waals surface area contributed by atoms with Gasteiger partial charge in [0.2, 0.25) is 5.91 Å². The van der Waals surface area contributed by atoms with Crippen LogP contribution in [0, 0.1) is 11.3 Å². The van der Waals surface area contributed by atoms with Crippen LogP contribution in [0.1, 0.15) is 12.5 Å². The van der Waals surface area contributed by atoms with Gasteiger partial charge in [-0.3, -0.25) is 9.69 Å². The molecule has 8 heteroatoms. The number of hydrogen-bond acceptors (Lipinski definition) is 7.